The summed E-state index contributed by atoms with van der Waals surface area (Å²) in [5.74, 6) is 0.0310. The lowest BCUT2D eigenvalue weighted by molar-refractivity contribution is 0.325. The van der Waals surface area contributed by atoms with Crippen LogP contribution in [0.25, 0.3) is 11.1 Å². The number of sulfone groups is 1. The second-order valence-corrected chi connectivity index (χ2v) is 9.37. The molecule has 0 bridgehead atoms. The number of benzene rings is 1. The molecule has 0 unspecified atom stereocenters. The zero-order valence-electron chi connectivity index (χ0n) is 14.7. The summed E-state index contributed by atoms with van der Waals surface area (Å²) in [5, 5.41) is -0.350. The summed E-state index contributed by atoms with van der Waals surface area (Å²) >= 11 is 0. The van der Waals surface area contributed by atoms with Gasteiger partial charge in [0.2, 0.25) is 0 Å². The molecular formula is C21H19N3O2S. The van der Waals surface area contributed by atoms with Crippen LogP contribution in [0.2, 0.25) is 0 Å². The van der Waals surface area contributed by atoms with Crippen LogP contribution >= 0.6 is 0 Å². The van der Waals surface area contributed by atoms with E-state index in [1.807, 2.05) is 36.5 Å². The molecule has 5 rings (SSSR count). The van der Waals surface area contributed by atoms with E-state index in [2.05, 4.69) is 20.9 Å². The van der Waals surface area contributed by atoms with Gasteiger partial charge >= 0.3 is 0 Å². The van der Waals surface area contributed by atoms with E-state index in [0.29, 0.717) is 11.4 Å². The normalized spacial score (nSPS) is 23.1. The van der Waals surface area contributed by atoms with Crippen molar-refractivity contribution in [2.45, 2.75) is 22.6 Å². The predicted molar refractivity (Wildman–Crippen MR) is 103 cm³/mol. The SMILES string of the molecule is O=S1(=O)c2ccc(-c3ccncc3)cc2[C@H]2CN(Cc3cccnc3)C[C@H]21. The van der Waals surface area contributed by atoms with E-state index in [0.717, 1.165) is 35.3 Å². The smallest absolute Gasteiger partial charge is 0.183 e. The highest BCUT2D eigenvalue weighted by Gasteiger charge is 2.50. The Kier molecular flexibility index (Phi) is 3.84. The summed E-state index contributed by atoms with van der Waals surface area (Å²) in [5.41, 5.74) is 4.17. The van der Waals surface area contributed by atoms with Crippen LogP contribution in [0.4, 0.5) is 0 Å². The molecular weight excluding hydrogens is 358 g/mol. The zero-order valence-corrected chi connectivity index (χ0v) is 15.5. The maximum absolute atomic E-state index is 13.1. The average Bonchev–Trinajstić information content (AvgIpc) is 3.21. The Morgan fingerprint density at radius 2 is 1.81 bits per heavy atom. The van der Waals surface area contributed by atoms with Crippen LogP contribution in [-0.2, 0) is 16.4 Å². The second kappa shape index (κ2) is 6.25. The monoisotopic (exact) mass is 377 g/mol. The molecule has 2 atom stereocenters. The summed E-state index contributed by atoms with van der Waals surface area (Å²) in [6.45, 7) is 2.06. The van der Waals surface area contributed by atoms with Gasteiger partial charge in [0, 0.05) is 50.3 Å². The van der Waals surface area contributed by atoms with E-state index in [1.165, 1.54) is 0 Å². The molecule has 1 aromatic carbocycles. The van der Waals surface area contributed by atoms with E-state index in [-0.39, 0.29) is 11.2 Å². The van der Waals surface area contributed by atoms with Crippen LogP contribution in [0.15, 0.2) is 72.1 Å². The second-order valence-electron chi connectivity index (χ2n) is 7.23. The molecule has 1 fully saturated rings. The maximum Gasteiger partial charge on any atom is 0.183 e. The Labute approximate surface area is 158 Å². The van der Waals surface area contributed by atoms with Crippen LogP contribution < -0.4 is 0 Å². The number of aromatic nitrogens is 2. The van der Waals surface area contributed by atoms with Crippen LogP contribution in [0.1, 0.15) is 17.0 Å². The van der Waals surface area contributed by atoms with Crippen molar-refractivity contribution < 1.29 is 8.42 Å². The highest BCUT2D eigenvalue weighted by molar-refractivity contribution is 7.92. The van der Waals surface area contributed by atoms with Gasteiger partial charge in [-0.15, -0.1) is 0 Å². The van der Waals surface area contributed by atoms with Gasteiger partial charge in [-0.1, -0.05) is 12.1 Å². The Morgan fingerprint density at radius 3 is 2.59 bits per heavy atom. The molecule has 0 N–H and O–H groups in total. The van der Waals surface area contributed by atoms with Gasteiger partial charge in [0.1, 0.15) is 0 Å². The van der Waals surface area contributed by atoms with Crippen molar-refractivity contribution in [2.75, 3.05) is 13.1 Å². The van der Waals surface area contributed by atoms with Crippen molar-refractivity contribution >= 4 is 9.84 Å². The molecule has 6 heteroatoms. The molecule has 0 amide bonds. The molecule has 2 aromatic heterocycles. The molecule has 5 nitrogen and oxygen atoms in total. The number of pyridine rings is 2. The van der Waals surface area contributed by atoms with Crippen LogP contribution in [-0.4, -0.2) is 41.6 Å². The summed E-state index contributed by atoms with van der Waals surface area (Å²) < 4.78 is 26.1. The molecule has 0 aliphatic carbocycles. The van der Waals surface area contributed by atoms with Gasteiger partial charge in [-0.2, -0.15) is 0 Å². The summed E-state index contributed by atoms with van der Waals surface area (Å²) in [6.07, 6.45) is 7.11. The number of hydrogen-bond acceptors (Lipinski definition) is 5. The Bertz CT molecular complexity index is 1080. The number of hydrogen-bond donors (Lipinski definition) is 0. The van der Waals surface area contributed by atoms with Gasteiger partial charge in [0.25, 0.3) is 0 Å². The Morgan fingerprint density at radius 1 is 0.963 bits per heavy atom. The van der Waals surface area contributed by atoms with Crippen molar-refractivity contribution in [2.24, 2.45) is 0 Å². The van der Waals surface area contributed by atoms with Gasteiger partial charge in [-0.25, -0.2) is 8.42 Å². The first-order valence-electron chi connectivity index (χ1n) is 9.02. The van der Waals surface area contributed by atoms with Crippen molar-refractivity contribution in [3.63, 3.8) is 0 Å². The number of likely N-dealkylation sites (tertiary alicyclic amines) is 1. The van der Waals surface area contributed by atoms with Gasteiger partial charge in [-0.3, -0.25) is 14.9 Å². The highest BCUT2D eigenvalue weighted by Crippen LogP contribution is 2.46. The Balaban J connectivity index is 1.49. The third kappa shape index (κ3) is 2.76. The number of fused-ring (bicyclic) bond motifs is 3. The first-order chi connectivity index (χ1) is 13.1. The van der Waals surface area contributed by atoms with Crippen molar-refractivity contribution in [3.05, 3.63) is 78.4 Å². The molecule has 136 valence electrons. The minimum atomic E-state index is -3.28. The van der Waals surface area contributed by atoms with E-state index in [9.17, 15) is 8.42 Å². The molecule has 3 aromatic rings. The molecule has 2 aliphatic heterocycles. The predicted octanol–water partition coefficient (Wildman–Crippen LogP) is 2.90. The fourth-order valence-corrected chi connectivity index (χ4v) is 6.52. The molecule has 0 radical (unpaired) electrons. The van der Waals surface area contributed by atoms with E-state index in [1.54, 1.807) is 24.7 Å². The largest absolute Gasteiger partial charge is 0.297 e. The maximum atomic E-state index is 13.1. The molecule has 1 saturated heterocycles. The Hall–Kier alpha value is -2.57. The third-order valence-electron chi connectivity index (χ3n) is 5.60. The first-order valence-corrected chi connectivity index (χ1v) is 10.6. The number of nitrogens with zero attached hydrogens (tertiary/aromatic N) is 3. The minimum absolute atomic E-state index is 0.0310. The van der Waals surface area contributed by atoms with Gasteiger partial charge in [0.05, 0.1) is 10.1 Å². The molecule has 0 spiro atoms. The standard InChI is InChI=1S/C21H19N3O2S/c25-27(26)20-4-3-17(16-5-8-22-9-6-16)10-18(20)19-13-24(14-21(19)27)12-15-2-1-7-23-11-15/h1-11,19,21H,12-14H2/t19-,21-/m1/s1. The van der Waals surface area contributed by atoms with E-state index in [4.69, 9.17) is 0 Å². The number of rotatable bonds is 3. The van der Waals surface area contributed by atoms with Crippen LogP contribution in [0.5, 0.6) is 0 Å². The lowest BCUT2D eigenvalue weighted by Gasteiger charge is -2.17. The van der Waals surface area contributed by atoms with Gasteiger partial charge in [-0.05, 0) is 52.6 Å². The molecule has 0 saturated carbocycles. The fraction of sp³-hybridized carbons (Fsp3) is 0.238. The summed E-state index contributed by atoms with van der Waals surface area (Å²) in [7, 11) is -3.28. The van der Waals surface area contributed by atoms with Gasteiger partial charge < -0.3 is 0 Å². The topological polar surface area (TPSA) is 63.2 Å². The minimum Gasteiger partial charge on any atom is -0.297 e. The van der Waals surface area contributed by atoms with E-state index < -0.39 is 9.84 Å². The zero-order chi connectivity index (χ0) is 18.4. The summed E-state index contributed by atoms with van der Waals surface area (Å²) in [6, 6.07) is 13.6. The fourth-order valence-electron chi connectivity index (χ4n) is 4.33. The van der Waals surface area contributed by atoms with Crippen molar-refractivity contribution in [3.8, 4) is 11.1 Å². The highest BCUT2D eigenvalue weighted by atomic mass is 32.2. The molecule has 2 aliphatic rings. The quantitative estimate of drug-likeness (QED) is 0.702. The van der Waals surface area contributed by atoms with Crippen molar-refractivity contribution in [1.82, 2.24) is 14.9 Å². The third-order valence-corrected chi connectivity index (χ3v) is 7.86. The summed E-state index contributed by atoms with van der Waals surface area (Å²) in [4.78, 5) is 11.0. The first kappa shape index (κ1) is 16.6. The lowest BCUT2D eigenvalue weighted by atomic mass is 9.95. The van der Waals surface area contributed by atoms with Crippen LogP contribution in [0, 0.1) is 0 Å². The lowest BCUT2D eigenvalue weighted by Crippen LogP contribution is -2.25. The molecule has 27 heavy (non-hydrogen) atoms. The average molecular weight is 377 g/mol. The van der Waals surface area contributed by atoms with Crippen molar-refractivity contribution in [1.29, 1.82) is 0 Å². The van der Waals surface area contributed by atoms with Crippen LogP contribution in [0.3, 0.4) is 0 Å². The van der Waals surface area contributed by atoms with Gasteiger partial charge in [0.15, 0.2) is 9.84 Å². The van der Waals surface area contributed by atoms with E-state index >= 15 is 0 Å². The molecule has 4 heterocycles.